The normalized spacial score (nSPS) is 19.6. The maximum Gasteiger partial charge on any atom is 0.301 e. The van der Waals surface area contributed by atoms with Crippen molar-refractivity contribution in [3.63, 3.8) is 0 Å². The van der Waals surface area contributed by atoms with Crippen LogP contribution in [0.3, 0.4) is 0 Å². The maximum absolute atomic E-state index is 13.1. The van der Waals surface area contributed by atoms with Gasteiger partial charge in [0.05, 0.1) is 11.6 Å². The lowest BCUT2D eigenvalue weighted by molar-refractivity contribution is -0.132. The molecule has 2 aromatic carbocycles. The summed E-state index contributed by atoms with van der Waals surface area (Å²) >= 11 is 4.69. The minimum Gasteiger partial charge on any atom is -0.507 e. The van der Waals surface area contributed by atoms with Gasteiger partial charge in [0.25, 0.3) is 5.78 Å². The minimum atomic E-state index is -0.822. The predicted octanol–water partition coefficient (Wildman–Crippen LogP) is 4.30. The Labute approximate surface area is 189 Å². The van der Waals surface area contributed by atoms with Gasteiger partial charge >= 0.3 is 5.91 Å². The van der Waals surface area contributed by atoms with Crippen LogP contribution in [0.25, 0.3) is 5.76 Å². The van der Waals surface area contributed by atoms with Crippen LogP contribution in [0.2, 0.25) is 0 Å². The molecule has 3 aromatic rings. The molecule has 0 radical (unpaired) electrons. The molecular weight excluding hydrogens is 484 g/mol. The molecule has 1 atom stereocenters. The topological polar surface area (TPSA) is 89.0 Å². The fourth-order valence-electron chi connectivity index (χ4n) is 3.70. The molecule has 1 saturated heterocycles. The standard InChI is InChI=1S/C22H15BrN2O5S/c23-14-3-1-2-12(10-14)18-17(20(27)21(28)25(18)22-24-6-9-31-22)19(26)13-4-5-15-16(11-13)30-8-7-29-15/h1-6,9-11,18,26H,7-8H2/b19-17+. The number of carbonyl (C=O) groups excluding carboxylic acids is 2. The van der Waals surface area contributed by atoms with Crippen LogP contribution in [0.5, 0.6) is 11.5 Å². The van der Waals surface area contributed by atoms with E-state index in [1.54, 1.807) is 35.8 Å². The summed E-state index contributed by atoms with van der Waals surface area (Å²) < 4.78 is 11.9. The third-order valence-corrected chi connectivity index (χ3v) is 6.31. The lowest BCUT2D eigenvalue weighted by Crippen LogP contribution is -2.29. The number of thiazole rings is 1. The Morgan fingerprint density at radius 2 is 1.94 bits per heavy atom. The van der Waals surface area contributed by atoms with Crippen molar-refractivity contribution in [3.8, 4) is 11.5 Å². The van der Waals surface area contributed by atoms with E-state index in [2.05, 4.69) is 20.9 Å². The van der Waals surface area contributed by atoms with Crippen LogP contribution < -0.4 is 14.4 Å². The number of carbonyl (C=O) groups is 2. The van der Waals surface area contributed by atoms with Crippen molar-refractivity contribution >= 4 is 49.8 Å². The number of hydrogen-bond donors (Lipinski definition) is 1. The van der Waals surface area contributed by atoms with E-state index in [-0.39, 0.29) is 11.3 Å². The van der Waals surface area contributed by atoms with Crippen LogP contribution in [0.1, 0.15) is 17.2 Å². The van der Waals surface area contributed by atoms with E-state index >= 15 is 0 Å². The van der Waals surface area contributed by atoms with Gasteiger partial charge in [0.2, 0.25) is 0 Å². The fraction of sp³-hybridized carbons (Fsp3) is 0.136. The SMILES string of the molecule is O=C1C(=O)N(c2nccs2)C(c2cccc(Br)c2)/C1=C(\O)c1ccc2c(c1)OCCO2. The van der Waals surface area contributed by atoms with Crippen LogP contribution in [0.4, 0.5) is 5.13 Å². The van der Waals surface area contributed by atoms with Crippen molar-refractivity contribution in [1.29, 1.82) is 0 Å². The van der Waals surface area contributed by atoms with Crippen molar-refractivity contribution in [3.05, 3.63) is 75.2 Å². The largest absolute Gasteiger partial charge is 0.507 e. The Bertz CT molecular complexity index is 1220. The Kier molecular flexibility index (Phi) is 4.99. The zero-order valence-corrected chi connectivity index (χ0v) is 18.4. The number of aliphatic hydroxyl groups excluding tert-OH is 1. The fourth-order valence-corrected chi connectivity index (χ4v) is 4.79. The Morgan fingerprint density at radius 3 is 2.68 bits per heavy atom. The second-order valence-electron chi connectivity index (χ2n) is 6.90. The molecule has 1 N–H and O–H groups in total. The number of aliphatic hydroxyl groups is 1. The zero-order valence-electron chi connectivity index (χ0n) is 15.9. The molecule has 9 heteroatoms. The van der Waals surface area contributed by atoms with Crippen molar-refractivity contribution < 1.29 is 24.2 Å². The summed E-state index contributed by atoms with van der Waals surface area (Å²) in [6.07, 6.45) is 1.57. The van der Waals surface area contributed by atoms with Gasteiger partial charge in [-0.1, -0.05) is 28.1 Å². The van der Waals surface area contributed by atoms with Gasteiger partial charge in [0, 0.05) is 21.6 Å². The minimum absolute atomic E-state index is 0.00465. The number of ketones is 1. The van der Waals surface area contributed by atoms with Gasteiger partial charge in [-0.2, -0.15) is 0 Å². The first-order valence-electron chi connectivity index (χ1n) is 9.40. The molecule has 31 heavy (non-hydrogen) atoms. The van der Waals surface area contributed by atoms with E-state index in [0.717, 1.165) is 4.47 Å². The summed E-state index contributed by atoms with van der Waals surface area (Å²) in [6, 6.07) is 11.4. The molecule has 156 valence electrons. The van der Waals surface area contributed by atoms with Crippen LogP contribution >= 0.6 is 27.3 Å². The number of nitrogens with zero attached hydrogens (tertiary/aromatic N) is 2. The lowest BCUT2D eigenvalue weighted by Gasteiger charge is -2.23. The number of rotatable bonds is 3. The first kappa shape index (κ1) is 19.8. The molecule has 1 fully saturated rings. The number of Topliss-reactive ketones (excluding diaryl/α,β-unsaturated/α-hetero) is 1. The highest BCUT2D eigenvalue weighted by Crippen LogP contribution is 2.44. The smallest absolute Gasteiger partial charge is 0.301 e. The van der Waals surface area contributed by atoms with Crippen molar-refractivity contribution in [2.24, 2.45) is 0 Å². The summed E-state index contributed by atoms with van der Waals surface area (Å²) in [5.41, 5.74) is 1.03. The lowest BCUT2D eigenvalue weighted by atomic mass is 9.95. The first-order chi connectivity index (χ1) is 15.0. The Morgan fingerprint density at radius 1 is 1.13 bits per heavy atom. The molecule has 0 bridgehead atoms. The molecule has 5 rings (SSSR count). The van der Waals surface area contributed by atoms with E-state index < -0.39 is 17.7 Å². The highest BCUT2D eigenvalue weighted by atomic mass is 79.9. The van der Waals surface area contributed by atoms with E-state index in [0.29, 0.717) is 41.0 Å². The second kappa shape index (κ2) is 7.82. The van der Waals surface area contributed by atoms with Crippen LogP contribution in [0.15, 0.2) is 64.1 Å². The van der Waals surface area contributed by atoms with E-state index in [4.69, 9.17) is 9.47 Å². The monoisotopic (exact) mass is 498 g/mol. The average molecular weight is 499 g/mol. The molecule has 1 amide bonds. The molecule has 1 unspecified atom stereocenters. The van der Waals surface area contributed by atoms with E-state index in [9.17, 15) is 14.7 Å². The second-order valence-corrected chi connectivity index (χ2v) is 8.69. The number of anilines is 1. The molecule has 1 aromatic heterocycles. The zero-order chi connectivity index (χ0) is 21.5. The molecule has 7 nitrogen and oxygen atoms in total. The summed E-state index contributed by atoms with van der Waals surface area (Å²) in [5, 5.41) is 13.3. The van der Waals surface area contributed by atoms with Crippen LogP contribution in [-0.4, -0.2) is 35.0 Å². The highest BCUT2D eigenvalue weighted by molar-refractivity contribution is 9.10. The van der Waals surface area contributed by atoms with Gasteiger partial charge in [-0.3, -0.25) is 14.5 Å². The molecule has 0 aliphatic carbocycles. The van der Waals surface area contributed by atoms with Crippen LogP contribution in [0, 0.1) is 0 Å². The van der Waals surface area contributed by atoms with E-state index in [1.807, 2.05) is 18.2 Å². The Balaban J connectivity index is 1.69. The number of hydrogen-bond acceptors (Lipinski definition) is 7. The van der Waals surface area contributed by atoms with Crippen LogP contribution in [-0.2, 0) is 9.59 Å². The van der Waals surface area contributed by atoms with Gasteiger partial charge in [0.15, 0.2) is 16.6 Å². The van der Waals surface area contributed by atoms with E-state index in [1.165, 1.54) is 16.2 Å². The van der Waals surface area contributed by atoms with Gasteiger partial charge in [-0.15, -0.1) is 11.3 Å². The quantitative estimate of drug-likeness (QED) is 0.329. The molecule has 0 spiro atoms. The summed E-state index contributed by atoms with van der Waals surface area (Å²) in [4.78, 5) is 31.6. The molecular formula is C22H15BrN2O5S. The van der Waals surface area contributed by atoms with Crippen molar-refractivity contribution in [2.45, 2.75) is 6.04 Å². The summed E-state index contributed by atoms with van der Waals surface area (Å²) in [7, 11) is 0. The summed E-state index contributed by atoms with van der Waals surface area (Å²) in [5.74, 6) is -0.746. The van der Waals surface area contributed by atoms with Crippen molar-refractivity contribution in [2.75, 3.05) is 18.1 Å². The predicted molar refractivity (Wildman–Crippen MR) is 118 cm³/mol. The number of fused-ring (bicyclic) bond motifs is 1. The molecule has 2 aliphatic heterocycles. The van der Waals surface area contributed by atoms with Crippen molar-refractivity contribution in [1.82, 2.24) is 4.98 Å². The third-order valence-electron chi connectivity index (χ3n) is 5.05. The third kappa shape index (κ3) is 3.39. The number of benzene rings is 2. The molecule has 3 heterocycles. The van der Waals surface area contributed by atoms with Gasteiger partial charge in [-0.05, 0) is 35.9 Å². The first-order valence-corrected chi connectivity index (χ1v) is 11.1. The molecule has 0 saturated carbocycles. The average Bonchev–Trinajstić information content (AvgIpc) is 3.40. The highest BCUT2D eigenvalue weighted by Gasteiger charge is 2.48. The summed E-state index contributed by atoms with van der Waals surface area (Å²) in [6.45, 7) is 0.837. The van der Waals surface area contributed by atoms with Gasteiger partial charge in [0.1, 0.15) is 19.0 Å². The molecule has 2 aliphatic rings. The number of amides is 1. The number of halogens is 1. The number of ether oxygens (including phenoxy) is 2. The van der Waals surface area contributed by atoms with Gasteiger partial charge < -0.3 is 14.6 Å². The van der Waals surface area contributed by atoms with Gasteiger partial charge in [-0.25, -0.2) is 4.98 Å². The Hall–Kier alpha value is -3.17. The maximum atomic E-state index is 13.1. The number of aromatic nitrogens is 1.